The highest BCUT2D eigenvalue weighted by atomic mass is 16.5. The predicted octanol–water partition coefficient (Wildman–Crippen LogP) is 1.44. The number of aliphatic hydroxyl groups excluding tert-OH is 1. The van der Waals surface area contributed by atoms with E-state index in [0.29, 0.717) is 19.1 Å². The largest absolute Gasteiger partial charge is 0.391 e. The molecule has 0 aromatic rings. The second-order valence-corrected chi connectivity index (χ2v) is 3.83. The van der Waals surface area contributed by atoms with Crippen LogP contribution in [0.25, 0.3) is 0 Å². The van der Waals surface area contributed by atoms with Crippen LogP contribution in [0, 0.1) is 5.92 Å². The summed E-state index contributed by atoms with van der Waals surface area (Å²) in [6.45, 7) is 7.10. The predicted molar refractivity (Wildman–Crippen MR) is 52.8 cm³/mol. The number of hydrogen-bond acceptors (Lipinski definition) is 3. The molecule has 13 heavy (non-hydrogen) atoms. The average Bonchev–Trinajstić information content (AvgIpc) is 2.01. The highest BCUT2D eigenvalue weighted by molar-refractivity contribution is 4.60. The maximum absolute atomic E-state index is 9.51. The summed E-state index contributed by atoms with van der Waals surface area (Å²) in [5.41, 5.74) is 0. The zero-order valence-electron chi connectivity index (χ0n) is 9.12. The quantitative estimate of drug-likeness (QED) is 0.660. The van der Waals surface area contributed by atoms with Gasteiger partial charge in [-0.2, -0.15) is 0 Å². The molecule has 0 aliphatic rings. The summed E-state index contributed by atoms with van der Waals surface area (Å²) in [6, 6.07) is 0. The molecule has 80 valence electrons. The number of rotatable bonds is 7. The molecule has 0 aliphatic carbocycles. The number of ether oxygens (including phenoxy) is 2. The van der Waals surface area contributed by atoms with Gasteiger partial charge in [0.1, 0.15) is 0 Å². The molecule has 2 atom stereocenters. The Morgan fingerprint density at radius 3 is 2.23 bits per heavy atom. The highest BCUT2D eigenvalue weighted by Gasteiger charge is 2.10. The average molecular weight is 190 g/mol. The molecule has 0 fully saturated rings. The van der Waals surface area contributed by atoms with E-state index >= 15 is 0 Å². The summed E-state index contributed by atoms with van der Waals surface area (Å²) in [7, 11) is 1.67. The van der Waals surface area contributed by atoms with Crippen molar-refractivity contribution in [2.24, 2.45) is 5.92 Å². The third-order valence-corrected chi connectivity index (χ3v) is 1.75. The zero-order chi connectivity index (χ0) is 10.3. The van der Waals surface area contributed by atoms with Crippen LogP contribution in [0.2, 0.25) is 0 Å². The van der Waals surface area contributed by atoms with E-state index < -0.39 is 0 Å². The third-order valence-electron chi connectivity index (χ3n) is 1.75. The van der Waals surface area contributed by atoms with Crippen LogP contribution in [0.5, 0.6) is 0 Å². The van der Waals surface area contributed by atoms with Gasteiger partial charge in [-0.15, -0.1) is 0 Å². The highest BCUT2D eigenvalue weighted by Crippen LogP contribution is 2.07. The smallest absolute Gasteiger partial charge is 0.0777 e. The summed E-state index contributed by atoms with van der Waals surface area (Å²) in [5, 5.41) is 9.51. The van der Waals surface area contributed by atoms with E-state index in [9.17, 15) is 5.11 Å². The Morgan fingerprint density at radius 1 is 1.15 bits per heavy atom. The van der Waals surface area contributed by atoms with Crippen molar-refractivity contribution in [3.8, 4) is 0 Å². The van der Waals surface area contributed by atoms with Gasteiger partial charge in [-0.3, -0.25) is 0 Å². The van der Waals surface area contributed by atoms with E-state index in [4.69, 9.17) is 9.47 Å². The molecule has 2 unspecified atom stereocenters. The summed E-state index contributed by atoms with van der Waals surface area (Å²) in [5.74, 6) is 0.385. The van der Waals surface area contributed by atoms with Crippen molar-refractivity contribution < 1.29 is 14.6 Å². The Kier molecular flexibility index (Phi) is 7.23. The standard InChI is InChI=1S/C10H22O3/c1-8(2)13-7-10(11)5-9(3)6-12-4/h8-11H,5-7H2,1-4H3. The van der Waals surface area contributed by atoms with Gasteiger partial charge in [0.25, 0.3) is 0 Å². The van der Waals surface area contributed by atoms with Crippen molar-refractivity contribution >= 4 is 0 Å². The van der Waals surface area contributed by atoms with Crippen LogP contribution in [-0.4, -0.2) is 37.6 Å². The van der Waals surface area contributed by atoms with E-state index in [1.807, 2.05) is 13.8 Å². The van der Waals surface area contributed by atoms with Gasteiger partial charge in [0, 0.05) is 13.7 Å². The van der Waals surface area contributed by atoms with Crippen molar-refractivity contribution in [2.75, 3.05) is 20.3 Å². The molecule has 0 spiro atoms. The molecule has 0 bridgehead atoms. The fourth-order valence-corrected chi connectivity index (χ4v) is 1.19. The maximum atomic E-state index is 9.51. The van der Waals surface area contributed by atoms with Crippen LogP contribution in [-0.2, 0) is 9.47 Å². The van der Waals surface area contributed by atoms with E-state index in [2.05, 4.69) is 6.92 Å². The lowest BCUT2D eigenvalue weighted by atomic mass is 10.1. The normalized spacial score (nSPS) is 16.2. The molecule has 0 saturated carbocycles. The van der Waals surface area contributed by atoms with Crippen LogP contribution >= 0.6 is 0 Å². The lowest BCUT2D eigenvalue weighted by molar-refractivity contribution is -0.00750. The van der Waals surface area contributed by atoms with E-state index in [-0.39, 0.29) is 12.2 Å². The minimum Gasteiger partial charge on any atom is -0.391 e. The van der Waals surface area contributed by atoms with Crippen LogP contribution < -0.4 is 0 Å². The Bertz CT molecular complexity index is 115. The molecule has 0 radical (unpaired) electrons. The van der Waals surface area contributed by atoms with Gasteiger partial charge in [-0.25, -0.2) is 0 Å². The molecular formula is C10H22O3. The van der Waals surface area contributed by atoms with Crippen LogP contribution in [0.15, 0.2) is 0 Å². The van der Waals surface area contributed by atoms with Crippen molar-refractivity contribution in [2.45, 2.75) is 39.4 Å². The van der Waals surface area contributed by atoms with Gasteiger partial charge < -0.3 is 14.6 Å². The summed E-state index contributed by atoms with van der Waals surface area (Å²) in [6.07, 6.45) is 0.556. The summed E-state index contributed by atoms with van der Waals surface area (Å²) < 4.78 is 10.3. The number of hydrogen-bond donors (Lipinski definition) is 1. The maximum Gasteiger partial charge on any atom is 0.0777 e. The summed E-state index contributed by atoms with van der Waals surface area (Å²) in [4.78, 5) is 0. The van der Waals surface area contributed by atoms with Crippen LogP contribution in [0.1, 0.15) is 27.2 Å². The second kappa shape index (κ2) is 7.30. The van der Waals surface area contributed by atoms with Crippen molar-refractivity contribution in [3.63, 3.8) is 0 Å². The molecule has 1 N–H and O–H groups in total. The molecule has 3 heteroatoms. The molecule has 0 amide bonds. The minimum atomic E-state index is -0.368. The molecule has 0 rings (SSSR count). The number of methoxy groups -OCH3 is 1. The lowest BCUT2D eigenvalue weighted by Gasteiger charge is -2.17. The SMILES string of the molecule is COCC(C)CC(O)COC(C)C. The zero-order valence-corrected chi connectivity index (χ0v) is 9.12. The molecule has 0 saturated heterocycles. The van der Waals surface area contributed by atoms with Crippen molar-refractivity contribution in [3.05, 3.63) is 0 Å². The molecule has 0 aromatic carbocycles. The monoisotopic (exact) mass is 190 g/mol. The van der Waals surface area contributed by atoms with Gasteiger partial charge >= 0.3 is 0 Å². The first-order valence-corrected chi connectivity index (χ1v) is 4.84. The van der Waals surface area contributed by atoms with Crippen LogP contribution in [0.3, 0.4) is 0 Å². The van der Waals surface area contributed by atoms with Crippen LogP contribution in [0.4, 0.5) is 0 Å². The molecule has 0 heterocycles. The Balaban J connectivity index is 3.43. The molecule has 3 nitrogen and oxygen atoms in total. The Hall–Kier alpha value is -0.120. The van der Waals surface area contributed by atoms with Crippen molar-refractivity contribution in [1.29, 1.82) is 0 Å². The molecular weight excluding hydrogens is 168 g/mol. The Morgan fingerprint density at radius 2 is 1.77 bits per heavy atom. The topological polar surface area (TPSA) is 38.7 Å². The fraction of sp³-hybridized carbons (Fsp3) is 1.00. The van der Waals surface area contributed by atoms with E-state index in [1.165, 1.54) is 0 Å². The van der Waals surface area contributed by atoms with Gasteiger partial charge in [0.05, 0.1) is 18.8 Å². The summed E-state index contributed by atoms with van der Waals surface area (Å²) >= 11 is 0. The van der Waals surface area contributed by atoms with E-state index in [0.717, 1.165) is 6.42 Å². The molecule has 0 aromatic heterocycles. The van der Waals surface area contributed by atoms with Gasteiger partial charge in [0.2, 0.25) is 0 Å². The molecule has 0 aliphatic heterocycles. The first kappa shape index (κ1) is 12.9. The first-order valence-electron chi connectivity index (χ1n) is 4.84. The Labute approximate surface area is 81.0 Å². The van der Waals surface area contributed by atoms with Gasteiger partial charge in [-0.1, -0.05) is 6.92 Å². The van der Waals surface area contributed by atoms with Gasteiger partial charge in [-0.05, 0) is 26.2 Å². The van der Waals surface area contributed by atoms with Crippen molar-refractivity contribution in [1.82, 2.24) is 0 Å². The number of aliphatic hydroxyl groups is 1. The second-order valence-electron chi connectivity index (χ2n) is 3.83. The minimum absolute atomic E-state index is 0.187. The fourth-order valence-electron chi connectivity index (χ4n) is 1.19. The lowest BCUT2D eigenvalue weighted by Crippen LogP contribution is -2.22. The van der Waals surface area contributed by atoms with E-state index in [1.54, 1.807) is 7.11 Å². The third kappa shape index (κ3) is 8.22. The van der Waals surface area contributed by atoms with Gasteiger partial charge in [0.15, 0.2) is 0 Å². The first-order chi connectivity index (χ1) is 6.06.